The highest BCUT2D eigenvalue weighted by Gasteiger charge is 2.50. The van der Waals surface area contributed by atoms with Gasteiger partial charge in [-0.15, -0.1) is 0 Å². The molecule has 0 bridgehead atoms. The summed E-state index contributed by atoms with van der Waals surface area (Å²) in [7, 11) is -3.66. The quantitative estimate of drug-likeness (QED) is 0.759. The van der Waals surface area contributed by atoms with Crippen LogP contribution in [-0.4, -0.2) is 49.4 Å². The molecule has 7 nitrogen and oxygen atoms in total. The van der Waals surface area contributed by atoms with E-state index in [4.69, 9.17) is 11.6 Å². The number of amides is 2. The van der Waals surface area contributed by atoms with E-state index in [-0.39, 0.29) is 19.6 Å². The summed E-state index contributed by atoms with van der Waals surface area (Å²) in [4.78, 5) is 27.6. The number of hydrogen-bond donors (Lipinski definition) is 1. The summed E-state index contributed by atoms with van der Waals surface area (Å²) in [5.41, 5.74) is 1.05. The van der Waals surface area contributed by atoms with Crippen LogP contribution in [0.1, 0.15) is 18.1 Å². The van der Waals surface area contributed by atoms with Gasteiger partial charge < -0.3 is 5.32 Å². The molecule has 0 aromatic heterocycles. The normalized spacial score (nSPS) is 20.3. The zero-order valence-electron chi connectivity index (χ0n) is 17.1. The van der Waals surface area contributed by atoms with Crippen LogP contribution in [0.5, 0.6) is 0 Å². The predicted octanol–water partition coefficient (Wildman–Crippen LogP) is 2.33. The average molecular weight is 450 g/mol. The molecule has 0 spiro atoms. The fourth-order valence-electron chi connectivity index (χ4n) is 3.47. The van der Waals surface area contributed by atoms with E-state index in [9.17, 15) is 18.0 Å². The molecule has 0 saturated carbocycles. The number of aryl methyl sites for hydroxylation is 1. The lowest BCUT2D eigenvalue weighted by Crippen LogP contribution is -2.70. The van der Waals surface area contributed by atoms with Crippen LogP contribution in [0.25, 0.3) is 0 Å². The van der Waals surface area contributed by atoms with E-state index >= 15 is 0 Å². The Morgan fingerprint density at radius 3 is 2.30 bits per heavy atom. The van der Waals surface area contributed by atoms with Crippen molar-refractivity contribution >= 4 is 39.1 Å². The third-order valence-corrected chi connectivity index (χ3v) is 6.60. The molecule has 2 aromatic carbocycles. The van der Waals surface area contributed by atoms with Gasteiger partial charge in [0, 0.05) is 23.8 Å². The third kappa shape index (κ3) is 4.66. The minimum atomic E-state index is -3.66. The van der Waals surface area contributed by atoms with E-state index in [2.05, 4.69) is 5.32 Å². The second kappa shape index (κ2) is 8.37. The Labute approximate surface area is 181 Å². The molecular weight excluding hydrogens is 426 g/mol. The Bertz CT molecular complexity index is 1050. The van der Waals surface area contributed by atoms with Crippen LogP contribution < -0.4 is 10.2 Å². The minimum absolute atomic E-state index is 0.153. The molecule has 1 N–H and O–H groups in total. The SMILES string of the molecule is Cc1ccc(CNC(=O)C2(C)CN(S(C)(=O)=O)CC(=O)N2c2ccc(Cl)cc2)cc1. The van der Waals surface area contributed by atoms with Gasteiger partial charge in [0.15, 0.2) is 0 Å². The molecule has 2 amide bonds. The Morgan fingerprint density at radius 1 is 1.13 bits per heavy atom. The predicted molar refractivity (Wildman–Crippen MR) is 117 cm³/mol. The molecule has 1 fully saturated rings. The van der Waals surface area contributed by atoms with Gasteiger partial charge in [-0.1, -0.05) is 41.4 Å². The number of piperazine rings is 1. The molecule has 1 aliphatic heterocycles. The number of carbonyl (C=O) groups is 2. The maximum absolute atomic E-state index is 13.3. The van der Waals surface area contributed by atoms with Crippen molar-refractivity contribution in [3.63, 3.8) is 0 Å². The minimum Gasteiger partial charge on any atom is -0.350 e. The van der Waals surface area contributed by atoms with Crippen LogP contribution in [-0.2, 0) is 26.2 Å². The van der Waals surface area contributed by atoms with Crippen LogP contribution in [0, 0.1) is 6.92 Å². The lowest BCUT2D eigenvalue weighted by molar-refractivity contribution is -0.133. The Morgan fingerprint density at radius 2 is 1.73 bits per heavy atom. The van der Waals surface area contributed by atoms with Crippen molar-refractivity contribution in [1.29, 1.82) is 0 Å². The number of sulfonamides is 1. The molecule has 2 aromatic rings. The number of anilines is 1. The molecule has 1 atom stereocenters. The number of benzene rings is 2. The van der Waals surface area contributed by atoms with Gasteiger partial charge in [0.1, 0.15) is 5.54 Å². The van der Waals surface area contributed by atoms with E-state index in [1.54, 1.807) is 31.2 Å². The van der Waals surface area contributed by atoms with Crippen molar-refractivity contribution < 1.29 is 18.0 Å². The topological polar surface area (TPSA) is 86.8 Å². The number of nitrogens with zero attached hydrogens (tertiary/aromatic N) is 2. The van der Waals surface area contributed by atoms with E-state index < -0.39 is 27.4 Å². The van der Waals surface area contributed by atoms with Gasteiger partial charge in [-0.05, 0) is 43.7 Å². The fraction of sp³-hybridized carbons (Fsp3) is 0.333. The lowest BCUT2D eigenvalue weighted by atomic mass is 9.94. The van der Waals surface area contributed by atoms with Crippen LogP contribution in [0.4, 0.5) is 5.69 Å². The highest BCUT2D eigenvalue weighted by molar-refractivity contribution is 7.88. The van der Waals surface area contributed by atoms with Gasteiger partial charge in [-0.25, -0.2) is 8.42 Å². The molecule has 1 saturated heterocycles. The molecule has 0 aliphatic carbocycles. The van der Waals surface area contributed by atoms with E-state index in [0.29, 0.717) is 10.7 Å². The highest BCUT2D eigenvalue weighted by Crippen LogP contribution is 2.31. The second-order valence-corrected chi connectivity index (χ2v) is 10.1. The van der Waals surface area contributed by atoms with Crippen LogP contribution in [0.2, 0.25) is 5.02 Å². The number of carbonyl (C=O) groups excluding carboxylic acids is 2. The monoisotopic (exact) mass is 449 g/mol. The van der Waals surface area contributed by atoms with Crippen LogP contribution >= 0.6 is 11.6 Å². The van der Waals surface area contributed by atoms with Crippen molar-refractivity contribution in [2.75, 3.05) is 24.2 Å². The van der Waals surface area contributed by atoms with Crippen LogP contribution in [0.15, 0.2) is 48.5 Å². The second-order valence-electron chi connectivity index (χ2n) is 7.68. The molecule has 0 radical (unpaired) electrons. The maximum Gasteiger partial charge on any atom is 0.247 e. The number of rotatable bonds is 5. The Hall–Kier alpha value is -2.42. The molecule has 3 rings (SSSR count). The van der Waals surface area contributed by atoms with Crippen molar-refractivity contribution in [2.24, 2.45) is 0 Å². The lowest BCUT2D eigenvalue weighted by Gasteiger charge is -2.46. The molecule has 1 aliphatic rings. The smallest absolute Gasteiger partial charge is 0.247 e. The first-order valence-electron chi connectivity index (χ1n) is 9.38. The first-order valence-corrected chi connectivity index (χ1v) is 11.6. The number of hydrogen-bond acceptors (Lipinski definition) is 4. The van der Waals surface area contributed by atoms with Gasteiger partial charge >= 0.3 is 0 Å². The molecule has 1 unspecified atom stereocenters. The van der Waals surface area contributed by atoms with E-state index in [1.165, 1.54) is 4.90 Å². The summed E-state index contributed by atoms with van der Waals surface area (Å²) in [5, 5.41) is 3.34. The highest BCUT2D eigenvalue weighted by atomic mass is 35.5. The third-order valence-electron chi connectivity index (χ3n) is 5.16. The summed E-state index contributed by atoms with van der Waals surface area (Å²) in [6.45, 7) is 3.32. The average Bonchev–Trinajstić information content (AvgIpc) is 2.67. The van der Waals surface area contributed by atoms with Crippen LogP contribution in [0.3, 0.4) is 0 Å². The largest absolute Gasteiger partial charge is 0.350 e. The zero-order chi connectivity index (χ0) is 22.1. The summed E-state index contributed by atoms with van der Waals surface area (Å²) in [6, 6.07) is 14.2. The van der Waals surface area contributed by atoms with E-state index in [1.807, 2.05) is 31.2 Å². The Kier molecular flexibility index (Phi) is 6.21. The first kappa shape index (κ1) is 22.3. The van der Waals surface area contributed by atoms with Gasteiger partial charge in [0.25, 0.3) is 0 Å². The van der Waals surface area contributed by atoms with Gasteiger partial charge in [-0.3, -0.25) is 14.5 Å². The maximum atomic E-state index is 13.3. The summed E-state index contributed by atoms with van der Waals surface area (Å²) < 4.78 is 25.3. The van der Waals surface area contributed by atoms with Gasteiger partial charge in [0.05, 0.1) is 12.8 Å². The zero-order valence-corrected chi connectivity index (χ0v) is 18.6. The number of halogens is 1. The van der Waals surface area contributed by atoms with Crippen molar-refractivity contribution in [3.05, 3.63) is 64.7 Å². The molecule has 30 heavy (non-hydrogen) atoms. The molecule has 1 heterocycles. The van der Waals surface area contributed by atoms with Crippen molar-refractivity contribution in [1.82, 2.24) is 9.62 Å². The van der Waals surface area contributed by atoms with E-state index in [0.717, 1.165) is 21.7 Å². The molecular formula is C21H24ClN3O4S. The number of nitrogens with one attached hydrogen (secondary N) is 1. The van der Waals surface area contributed by atoms with Gasteiger partial charge in [-0.2, -0.15) is 4.31 Å². The molecule has 160 valence electrons. The summed E-state index contributed by atoms with van der Waals surface area (Å²) in [5.74, 6) is -0.929. The first-order chi connectivity index (χ1) is 14.0. The summed E-state index contributed by atoms with van der Waals surface area (Å²) in [6.07, 6.45) is 1.03. The van der Waals surface area contributed by atoms with Crippen molar-refractivity contribution in [3.8, 4) is 0 Å². The Balaban J connectivity index is 1.93. The standard InChI is InChI=1S/C21H24ClN3O4S/c1-15-4-6-16(7-5-15)12-23-20(27)21(2)14-24(30(3,28)29)13-19(26)25(21)18-10-8-17(22)9-11-18/h4-11H,12-14H2,1-3H3,(H,23,27). The van der Waals surface area contributed by atoms with Gasteiger partial charge in [0.2, 0.25) is 21.8 Å². The summed E-state index contributed by atoms with van der Waals surface area (Å²) >= 11 is 5.96. The van der Waals surface area contributed by atoms with Crippen molar-refractivity contribution in [2.45, 2.75) is 25.9 Å². The molecule has 9 heteroatoms. The fourth-order valence-corrected chi connectivity index (χ4v) is 4.43.